The molecule has 0 spiro atoms. The maximum atomic E-state index is 9.18. The molecule has 0 unspecified atom stereocenters. The number of hydrogen-bond donors (Lipinski definition) is 2. The number of hydrogen-bond acceptors (Lipinski definition) is 2. The Balaban J connectivity index is 1.78. The third-order valence-electron chi connectivity index (χ3n) is 3.45. The zero-order valence-electron chi connectivity index (χ0n) is 7.63. The summed E-state index contributed by atoms with van der Waals surface area (Å²) in [5, 5.41) is 9.18. The molecule has 2 nitrogen and oxygen atoms in total. The lowest BCUT2D eigenvalue weighted by molar-refractivity contribution is 0.0110. The third-order valence-corrected chi connectivity index (χ3v) is 3.45. The highest BCUT2D eigenvalue weighted by Gasteiger charge is 2.41. The minimum Gasteiger partial charge on any atom is -0.393 e. The van der Waals surface area contributed by atoms with Crippen LogP contribution >= 0.6 is 0 Å². The van der Waals surface area contributed by atoms with Gasteiger partial charge < -0.3 is 10.8 Å². The van der Waals surface area contributed by atoms with Crippen LogP contribution in [0, 0.1) is 5.92 Å². The molecule has 2 saturated carbocycles. The van der Waals surface area contributed by atoms with E-state index in [9.17, 15) is 5.11 Å². The molecular formula is C10H19NO. The van der Waals surface area contributed by atoms with Crippen LogP contribution in [0.3, 0.4) is 0 Å². The van der Waals surface area contributed by atoms with E-state index in [1.54, 1.807) is 0 Å². The first-order chi connectivity index (χ1) is 5.68. The second-order valence-corrected chi connectivity index (χ2v) is 4.78. The van der Waals surface area contributed by atoms with Crippen LogP contribution in [0.15, 0.2) is 0 Å². The van der Waals surface area contributed by atoms with E-state index in [2.05, 4.69) is 0 Å². The van der Waals surface area contributed by atoms with Gasteiger partial charge in [-0.2, -0.15) is 0 Å². The monoisotopic (exact) mass is 169 g/mol. The number of rotatable bonds is 2. The zero-order chi connectivity index (χ0) is 8.60. The predicted octanol–water partition coefficient (Wildman–Crippen LogP) is 1.42. The average Bonchev–Trinajstić information content (AvgIpc) is 2.36. The van der Waals surface area contributed by atoms with Crippen molar-refractivity contribution in [1.82, 2.24) is 0 Å². The molecule has 0 heterocycles. The summed E-state index contributed by atoms with van der Waals surface area (Å²) in [7, 11) is 0. The van der Waals surface area contributed by atoms with Crippen LogP contribution in [0.4, 0.5) is 0 Å². The summed E-state index contributed by atoms with van der Waals surface area (Å²) in [4.78, 5) is 0. The van der Waals surface area contributed by atoms with E-state index in [0.717, 1.165) is 25.2 Å². The van der Waals surface area contributed by atoms with Gasteiger partial charge in [-0.3, -0.25) is 0 Å². The molecule has 0 atom stereocenters. The van der Waals surface area contributed by atoms with E-state index in [4.69, 9.17) is 5.73 Å². The SMILES string of the molecule is NC1(CC2CCCC2)CC(O)C1. The van der Waals surface area contributed by atoms with Gasteiger partial charge >= 0.3 is 0 Å². The quantitative estimate of drug-likeness (QED) is 0.656. The molecule has 0 radical (unpaired) electrons. The fourth-order valence-electron chi connectivity index (χ4n) is 2.83. The summed E-state index contributed by atoms with van der Waals surface area (Å²) in [5.41, 5.74) is 6.12. The highest BCUT2D eigenvalue weighted by atomic mass is 16.3. The van der Waals surface area contributed by atoms with E-state index < -0.39 is 0 Å². The number of aliphatic hydroxyl groups is 1. The Morgan fingerprint density at radius 2 is 1.83 bits per heavy atom. The van der Waals surface area contributed by atoms with Crippen LogP contribution in [-0.4, -0.2) is 16.7 Å². The second-order valence-electron chi connectivity index (χ2n) is 4.78. The van der Waals surface area contributed by atoms with Crippen molar-refractivity contribution in [3.8, 4) is 0 Å². The summed E-state index contributed by atoms with van der Waals surface area (Å²) in [6.45, 7) is 0. The molecule has 0 aliphatic heterocycles. The van der Waals surface area contributed by atoms with E-state index in [1.165, 1.54) is 25.7 Å². The molecule has 0 saturated heterocycles. The van der Waals surface area contributed by atoms with Crippen LogP contribution in [0.25, 0.3) is 0 Å². The molecule has 0 aromatic rings. The van der Waals surface area contributed by atoms with Gasteiger partial charge in [0.25, 0.3) is 0 Å². The highest BCUT2D eigenvalue weighted by molar-refractivity contribution is 5.00. The largest absolute Gasteiger partial charge is 0.393 e. The van der Waals surface area contributed by atoms with Crippen molar-refractivity contribution in [3.63, 3.8) is 0 Å². The van der Waals surface area contributed by atoms with Crippen molar-refractivity contribution < 1.29 is 5.11 Å². The normalized spacial score (nSPS) is 43.0. The molecule has 0 aromatic heterocycles. The van der Waals surface area contributed by atoms with Gasteiger partial charge in [0.1, 0.15) is 0 Å². The maximum absolute atomic E-state index is 9.18. The predicted molar refractivity (Wildman–Crippen MR) is 48.7 cm³/mol. The molecule has 70 valence electrons. The van der Waals surface area contributed by atoms with Gasteiger partial charge in [-0.25, -0.2) is 0 Å². The number of nitrogens with two attached hydrogens (primary N) is 1. The average molecular weight is 169 g/mol. The summed E-state index contributed by atoms with van der Waals surface area (Å²) in [6.07, 6.45) is 8.25. The van der Waals surface area contributed by atoms with Gasteiger partial charge in [0.2, 0.25) is 0 Å². The summed E-state index contributed by atoms with van der Waals surface area (Å²) in [5.74, 6) is 0.863. The Labute approximate surface area is 74.1 Å². The first-order valence-corrected chi connectivity index (χ1v) is 5.15. The van der Waals surface area contributed by atoms with E-state index in [0.29, 0.717) is 0 Å². The van der Waals surface area contributed by atoms with Crippen molar-refractivity contribution in [1.29, 1.82) is 0 Å². The lowest BCUT2D eigenvalue weighted by Gasteiger charge is -2.43. The van der Waals surface area contributed by atoms with Crippen molar-refractivity contribution in [2.45, 2.75) is 56.6 Å². The van der Waals surface area contributed by atoms with Gasteiger partial charge in [0, 0.05) is 5.54 Å². The Bertz CT molecular complexity index is 157. The van der Waals surface area contributed by atoms with Crippen LogP contribution in [0.2, 0.25) is 0 Å². The molecule has 0 aromatic carbocycles. The Morgan fingerprint density at radius 1 is 1.25 bits per heavy atom. The zero-order valence-corrected chi connectivity index (χ0v) is 7.63. The fourth-order valence-corrected chi connectivity index (χ4v) is 2.83. The van der Waals surface area contributed by atoms with Gasteiger partial charge in [-0.15, -0.1) is 0 Å². The molecule has 2 aliphatic rings. The molecule has 2 heteroatoms. The maximum Gasteiger partial charge on any atom is 0.0575 e. The smallest absolute Gasteiger partial charge is 0.0575 e. The van der Waals surface area contributed by atoms with Crippen LogP contribution in [0.5, 0.6) is 0 Å². The van der Waals surface area contributed by atoms with Crippen LogP contribution in [-0.2, 0) is 0 Å². The molecule has 2 fully saturated rings. The van der Waals surface area contributed by atoms with Crippen LogP contribution < -0.4 is 5.73 Å². The standard InChI is InChI=1S/C10H19NO/c11-10(6-9(12)7-10)5-8-3-1-2-4-8/h8-9,12H,1-7,11H2. The minimum atomic E-state index is -0.101. The fraction of sp³-hybridized carbons (Fsp3) is 1.00. The second kappa shape index (κ2) is 3.00. The van der Waals surface area contributed by atoms with Gasteiger partial charge in [0.15, 0.2) is 0 Å². The van der Waals surface area contributed by atoms with Crippen molar-refractivity contribution in [2.24, 2.45) is 11.7 Å². The highest BCUT2D eigenvalue weighted by Crippen LogP contribution is 2.39. The lowest BCUT2D eigenvalue weighted by atomic mass is 9.70. The first kappa shape index (κ1) is 8.52. The summed E-state index contributed by atoms with van der Waals surface area (Å²) < 4.78 is 0. The molecule has 2 aliphatic carbocycles. The van der Waals surface area contributed by atoms with Gasteiger partial charge in [-0.05, 0) is 25.2 Å². The number of aliphatic hydroxyl groups excluding tert-OH is 1. The van der Waals surface area contributed by atoms with E-state index in [-0.39, 0.29) is 11.6 Å². The molecule has 3 N–H and O–H groups in total. The lowest BCUT2D eigenvalue weighted by Crippen LogP contribution is -2.55. The minimum absolute atomic E-state index is 0.00836. The van der Waals surface area contributed by atoms with E-state index >= 15 is 0 Å². The Kier molecular flexibility index (Phi) is 2.13. The van der Waals surface area contributed by atoms with E-state index in [1.807, 2.05) is 0 Å². The Morgan fingerprint density at radius 3 is 2.33 bits per heavy atom. The van der Waals surface area contributed by atoms with Crippen LogP contribution in [0.1, 0.15) is 44.9 Å². The van der Waals surface area contributed by atoms with Crippen molar-refractivity contribution in [2.75, 3.05) is 0 Å². The molecular weight excluding hydrogens is 150 g/mol. The molecule has 0 bridgehead atoms. The molecule has 0 amide bonds. The van der Waals surface area contributed by atoms with Crippen molar-refractivity contribution in [3.05, 3.63) is 0 Å². The van der Waals surface area contributed by atoms with Gasteiger partial charge in [-0.1, -0.05) is 25.7 Å². The third kappa shape index (κ3) is 1.64. The summed E-state index contributed by atoms with van der Waals surface area (Å²) in [6, 6.07) is 0. The van der Waals surface area contributed by atoms with Crippen molar-refractivity contribution >= 4 is 0 Å². The first-order valence-electron chi connectivity index (χ1n) is 5.15. The van der Waals surface area contributed by atoms with Gasteiger partial charge in [0.05, 0.1) is 6.10 Å². The Hall–Kier alpha value is -0.0800. The summed E-state index contributed by atoms with van der Waals surface area (Å²) >= 11 is 0. The molecule has 2 rings (SSSR count). The topological polar surface area (TPSA) is 46.2 Å². The molecule has 12 heavy (non-hydrogen) atoms.